The molecule has 3 aromatic carbocycles. The second-order valence-electron chi connectivity index (χ2n) is 12.7. The minimum absolute atomic E-state index is 0.0639. The molecule has 1 fully saturated rings. The molecule has 3 aromatic rings. The highest BCUT2D eigenvalue weighted by molar-refractivity contribution is 5.72. The number of benzene rings is 3. The zero-order chi connectivity index (χ0) is 29.4. The van der Waals surface area contributed by atoms with E-state index in [1.807, 2.05) is 25.1 Å². The monoisotopic (exact) mass is 558 g/mol. The normalized spacial score (nSPS) is 22.1. The van der Waals surface area contributed by atoms with Crippen molar-refractivity contribution in [3.8, 4) is 28.4 Å². The first-order chi connectivity index (χ1) is 19.4. The van der Waals surface area contributed by atoms with Crippen molar-refractivity contribution in [2.45, 2.75) is 90.4 Å². The van der Waals surface area contributed by atoms with Crippen LogP contribution < -0.4 is 14.2 Å². The Morgan fingerprint density at radius 1 is 1.02 bits per heavy atom. The van der Waals surface area contributed by atoms with Gasteiger partial charge in [-0.15, -0.1) is 0 Å². The Morgan fingerprint density at radius 3 is 2.41 bits per heavy atom. The van der Waals surface area contributed by atoms with Gasteiger partial charge in [0.1, 0.15) is 29.5 Å². The smallest absolute Gasteiger partial charge is 0.304 e. The lowest BCUT2D eigenvalue weighted by atomic mass is 9.73. The molecule has 1 aliphatic heterocycles. The Morgan fingerprint density at radius 2 is 1.73 bits per heavy atom. The zero-order valence-corrected chi connectivity index (χ0v) is 24.8. The first-order valence-electron chi connectivity index (χ1n) is 14.6. The molecule has 0 spiro atoms. The first kappa shape index (κ1) is 29.0. The van der Waals surface area contributed by atoms with Crippen LogP contribution in [0, 0.1) is 19.8 Å². The highest BCUT2D eigenvalue weighted by Crippen LogP contribution is 2.41. The Balaban J connectivity index is 1.26. The van der Waals surface area contributed by atoms with Crippen LogP contribution in [0.5, 0.6) is 17.2 Å². The van der Waals surface area contributed by atoms with Crippen LogP contribution in [0.2, 0.25) is 0 Å². The molecule has 218 valence electrons. The highest BCUT2D eigenvalue weighted by Gasteiger charge is 2.38. The van der Waals surface area contributed by atoms with Crippen LogP contribution in [0.3, 0.4) is 0 Å². The number of aliphatic carboxylic acids is 1. The maximum absolute atomic E-state index is 11.1. The maximum Gasteiger partial charge on any atom is 0.304 e. The minimum atomic E-state index is -0.821. The van der Waals surface area contributed by atoms with Gasteiger partial charge in [-0.1, -0.05) is 24.3 Å². The molecule has 0 aromatic heterocycles. The van der Waals surface area contributed by atoms with E-state index in [2.05, 4.69) is 64.1 Å². The fourth-order valence-corrected chi connectivity index (χ4v) is 6.47. The summed E-state index contributed by atoms with van der Waals surface area (Å²) in [5.74, 6) is 1.75. The van der Waals surface area contributed by atoms with Crippen molar-refractivity contribution in [1.29, 1.82) is 0 Å². The van der Waals surface area contributed by atoms with Crippen molar-refractivity contribution in [1.82, 2.24) is 0 Å². The first-order valence-corrected chi connectivity index (χ1v) is 14.6. The zero-order valence-electron chi connectivity index (χ0n) is 24.8. The van der Waals surface area contributed by atoms with Crippen molar-refractivity contribution >= 4 is 5.97 Å². The van der Waals surface area contributed by atoms with Gasteiger partial charge in [-0.3, -0.25) is 4.79 Å². The summed E-state index contributed by atoms with van der Waals surface area (Å²) < 4.78 is 18.4. The van der Waals surface area contributed by atoms with Crippen LogP contribution >= 0.6 is 0 Å². The Kier molecular flexibility index (Phi) is 8.06. The molecule has 0 radical (unpaired) electrons. The molecule has 1 heterocycles. The SMILES string of the molecule is Cc1cc(OC(C)(C)[C@H]2CC[C@@](C)(O)CC2)cc(C)c1-c1cccc(COc2ccc3c(c2)OCC3CC(=O)O)c1. The van der Waals surface area contributed by atoms with E-state index in [0.717, 1.165) is 59.3 Å². The van der Waals surface area contributed by atoms with Gasteiger partial charge in [0.05, 0.1) is 18.6 Å². The quantitative estimate of drug-likeness (QED) is 0.281. The number of ether oxygens (including phenoxy) is 3. The van der Waals surface area contributed by atoms with Crippen molar-refractivity contribution in [2.75, 3.05) is 6.61 Å². The summed E-state index contributed by atoms with van der Waals surface area (Å²) in [7, 11) is 0. The van der Waals surface area contributed by atoms with Crippen molar-refractivity contribution < 1.29 is 29.2 Å². The lowest BCUT2D eigenvalue weighted by Crippen LogP contribution is -2.43. The fraction of sp³-hybridized carbons (Fsp3) is 0.457. The Bertz CT molecular complexity index is 1390. The number of aliphatic hydroxyl groups is 1. The molecule has 0 amide bonds. The topological polar surface area (TPSA) is 85.2 Å². The number of hydrogen-bond acceptors (Lipinski definition) is 5. The van der Waals surface area contributed by atoms with Crippen LogP contribution in [0.1, 0.15) is 81.0 Å². The molecule has 5 rings (SSSR count). The Labute approximate surface area is 243 Å². The van der Waals surface area contributed by atoms with Gasteiger partial charge in [0.15, 0.2) is 0 Å². The van der Waals surface area contributed by atoms with Gasteiger partial charge in [0.2, 0.25) is 0 Å². The second-order valence-corrected chi connectivity index (χ2v) is 12.7. The van der Waals surface area contributed by atoms with E-state index in [-0.39, 0.29) is 17.9 Å². The third-order valence-electron chi connectivity index (χ3n) is 8.84. The van der Waals surface area contributed by atoms with Gasteiger partial charge in [-0.05, 0) is 118 Å². The lowest BCUT2D eigenvalue weighted by molar-refractivity contribution is -0.137. The molecule has 6 heteroatoms. The number of rotatable bonds is 9. The van der Waals surface area contributed by atoms with Gasteiger partial charge in [-0.2, -0.15) is 0 Å². The van der Waals surface area contributed by atoms with Crippen LogP contribution in [-0.4, -0.2) is 34.0 Å². The standard InChI is InChI=1S/C35H42O6/c1-22-15-29(41-34(3,4)27-11-13-35(5,38)14-12-27)16-23(2)33(22)25-8-6-7-24(17-25)20-39-28-9-10-30-26(18-32(36)37)21-40-31(30)19-28/h6-10,15-17,19,26-27,38H,11-14,18,20-21H2,1-5H3,(H,36,37)/t26?,27-,35+. The molecule has 1 unspecified atom stereocenters. The summed E-state index contributed by atoms with van der Waals surface area (Å²) in [6, 6.07) is 18.3. The van der Waals surface area contributed by atoms with Crippen LogP contribution in [0.25, 0.3) is 11.1 Å². The third-order valence-corrected chi connectivity index (χ3v) is 8.84. The average molecular weight is 559 g/mol. The number of fused-ring (bicyclic) bond motifs is 1. The molecule has 0 saturated heterocycles. The summed E-state index contributed by atoms with van der Waals surface area (Å²) in [5, 5.41) is 19.5. The summed E-state index contributed by atoms with van der Waals surface area (Å²) in [4.78, 5) is 11.1. The molecule has 0 bridgehead atoms. The largest absolute Gasteiger partial charge is 0.492 e. The molecule has 41 heavy (non-hydrogen) atoms. The molecule has 1 saturated carbocycles. The Hall–Kier alpha value is -3.51. The van der Waals surface area contributed by atoms with E-state index >= 15 is 0 Å². The van der Waals surface area contributed by atoms with Crippen LogP contribution in [0.4, 0.5) is 0 Å². The van der Waals surface area contributed by atoms with Crippen molar-refractivity contribution in [3.05, 3.63) is 76.9 Å². The summed E-state index contributed by atoms with van der Waals surface area (Å²) in [6.07, 6.45) is 3.63. The van der Waals surface area contributed by atoms with Crippen molar-refractivity contribution in [2.24, 2.45) is 5.92 Å². The van der Waals surface area contributed by atoms with Crippen LogP contribution in [0.15, 0.2) is 54.6 Å². The number of carbonyl (C=O) groups is 1. The molecule has 1 atom stereocenters. The van der Waals surface area contributed by atoms with Crippen LogP contribution in [-0.2, 0) is 11.4 Å². The lowest BCUT2D eigenvalue weighted by Gasteiger charge is -2.41. The predicted molar refractivity (Wildman–Crippen MR) is 160 cm³/mol. The van der Waals surface area contributed by atoms with Gasteiger partial charge < -0.3 is 24.4 Å². The van der Waals surface area contributed by atoms with E-state index in [9.17, 15) is 9.90 Å². The van der Waals surface area contributed by atoms with Gasteiger partial charge in [-0.25, -0.2) is 0 Å². The molecular formula is C35H42O6. The van der Waals surface area contributed by atoms with Gasteiger partial charge in [0.25, 0.3) is 0 Å². The number of aryl methyl sites for hydroxylation is 2. The number of carboxylic acids is 1. The minimum Gasteiger partial charge on any atom is -0.492 e. The molecule has 2 N–H and O–H groups in total. The molecule has 2 aliphatic rings. The average Bonchev–Trinajstić information content (AvgIpc) is 3.28. The number of hydrogen-bond donors (Lipinski definition) is 2. The van der Waals surface area contributed by atoms with E-state index in [1.54, 1.807) is 0 Å². The van der Waals surface area contributed by atoms with E-state index in [4.69, 9.17) is 19.3 Å². The summed E-state index contributed by atoms with van der Waals surface area (Å²) in [5.41, 5.74) is 5.77. The molecular weight excluding hydrogens is 516 g/mol. The number of carboxylic acid groups (broad SMARTS) is 1. The predicted octanol–water partition coefficient (Wildman–Crippen LogP) is 7.60. The van der Waals surface area contributed by atoms with E-state index in [1.165, 1.54) is 5.56 Å². The highest BCUT2D eigenvalue weighted by atomic mass is 16.5. The summed E-state index contributed by atoms with van der Waals surface area (Å²) in [6.45, 7) is 11.3. The maximum atomic E-state index is 11.1. The fourth-order valence-electron chi connectivity index (χ4n) is 6.47. The van der Waals surface area contributed by atoms with Gasteiger partial charge >= 0.3 is 5.97 Å². The molecule has 6 nitrogen and oxygen atoms in total. The van der Waals surface area contributed by atoms with E-state index in [0.29, 0.717) is 30.6 Å². The summed E-state index contributed by atoms with van der Waals surface area (Å²) >= 11 is 0. The van der Waals surface area contributed by atoms with Gasteiger partial charge in [0, 0.05) is 17.5 Å². The third kappa shape index (κ3) is 6.70. The second kappa shape index (κ2) is 11.4. The van der Waals surface area contributed by atoms with Crippen molar-refractivity contribution in [3.63, 3.8) is 0 Å². The molecule has 1 aliphatic carbocycles. The van der Waals surface area contributed by atoms with E-state index < -0.39 is 11.6 Å².